The van der Waals surface area contributed by atoms with Gasteiger partial charge in [-0.25, -0.2) is 4.98 Å². The minimum atomic E-state index is 0.870. The van der Waals surface area contributed by atoms with Gasteiger partial charge in [-0.15, -0.1) is 0 Å². The molecule has 115 valence electrons. The molecule has 1 aliphatic carbocycles. The van der Waals surface area contributed by atoms with Gasteiger partial charge in [-0.1, -0.05) is 12.1 Å². The minimum absolute atomic E-state index is 0.870. The van der Waals surface area contributed by atoms with E-state index in [0.29, 0.717) is 0 Å². The Bertz CT molecular complexity index is 736. The van der Waals surface area contributed by atoms with E-state index in [1.54, 1.807) is 12.4 Å². The van der Waals surface area contributed by atoms with Crippen molar-refractivity contribution in [3.63, 3.8) is 0 Å². The van der Waals surface area contributed by atoms with Gasteiger partial charge in [0, 0.05) is 12.4 Å². The third kappa shape index (κ3) is 3.35. The molecule has 0 atom stereocenters. The molecular weight excluding hydrogens is 294 g/mol. The number of rotatable bonds is 4. The summed E-state index contributed by atoms with van der Waals surface area (Å²) in [5.41, 5.74) is 4.70. The Morgan fingerprint density at radius 3 is 1.75 bits per heavy atom. The predicted molar refractivity (Wildman–Crippen MR) is 94.8 cm³/mol. The van der Waals surface area contributed by atoms with Gasteiger partial charge in [0.1, 0.15) is 0 Å². The number of pyridine rings is 3. The van der Waals surface area contributed by atoms with Crippen LogP contribution in [0, 0.1) is 31.6 Å². The largest absolute Gasteiger partial charge is 0.255 e. The second kappa shape index (κ2) is 6.91. The highest BCUT2D eigenvalue weighted by Gasteiger charge is 2.18. The standard InChI is InChI=1S/C21H16N3/c1-2-8-16(7-1)13-17-14-20(18-9-3-5-11-22-18)24-21(15-17)19-10-4-6-12-23-19/h1-12,14-15H,13H2. The van der Waals surface area contributed by atoms with Crippen LogP contribution >= 0.6 is 0 Å². The van der Waals surface area contributed by atoms with E-state index in [2.05, 4.69) is 47.8 Å². The Hall–Kier alpha value is -2.55. The molecule has 1 fully saturated rings. The molecule has 4 rings (SSSR count). The summed E-state index contributed by atoms with van der Waals surface area (Å²) in [4.78, 5) is 13.7. The fourth-order valence-electron chi connectivity index (χ4n) is 2.75. The minimum Gasteiger partial charge on any atom is -0.255 e. The molecule has 0 saturated heterocycles. The van der Waals surface area contributed by atoms with Gasteiger partial charge in [0.15, 0.2) is 0 Å². The molecule has 3 aromatic heterocycles. The first-order valence-corrected chi connectivity index (χ1v) is 7.93. The number of nitrogens with zero attached hydrogens (tertiary/aromatic N) is 3. The van der Waals surface area contributed by atoms with Crippen molar-refractivity contribution in [3.05, 3.63) is 98.1 Å². The first-order chi connectivity index (χ1) is 11.9. The lowest BCUT2D eigenvalue weighted by atomic mass is 9.97. The second-order valence-corrected chi connectivity index (χ2v) is 5.65. The maximum absolute atomic E-state index is 4.78. The zero-order valence-electron chi connectivity index (χ0n) is 13.1. The molecule has 0 spiro atoms. The van der Waals surface area contributed by atoms with E-state index in [0.717, 1.165) is 29.2 Å². The molecule has 1 saturated carbocycles. The summed E-state index contributed by atoms with van der Waals surface area (Å²) in [5, 5.41) is 0. The first-order valence-electron chi connectivity index (χ1n) is 7.93. The predicted octanol–water partition coefficient (Wildman–Crippen LogP) is 4.15. The fourth-order valence-corrected chi connectivity index (χ4v) is 2.75. The van der Waals surface area contributed by atoms with Crippen molar-refractivity contribution in [3.8, 4) is 22.8 Å². The van der Waals surface area contributed by atoms with E-state index in [1.165, 1.54) is 11.5 Å². The summed E-state index contributed by atoms with van der Waals surface area (Å²) in [5.74, 6) is 1.29. The van der Waals surface area contributed by atoms with Gasteiger partial charge in [-0.2, -0.15) is 0 Å². The van der Waals surface area contributed by atoms with Crippen LogP contribution in [-0.2, 0) is 6.42 Å². The van der Waals surface area contributed by atoms with E-state index in [4.69, 9.17) is 4.98 Å². The molecule has 0 amide bonds. The topological polar surface area (TPSA) is 38.7 Å². The van der Waals surface area contributed by atoms with Crippen LogP contribution in [-0.4, -0.2) is 15.0 Å². The van der Waals surface area contributed by atoms with Crippen LogP contribution in [0.5, 0.6) is 0 Å². The number of hydrogen-bond acceptors (Lipinski definition) is 3. The monoisotopic (exact) mass is 310 g/mol. The van der Waals surface area contributed by atoms with Crippen molar-refractivity contribution >= 4 is 0 Å². The number of hydrogen-bond donors (Lipinski definition) is 0. The third-order valence-corrected chi connectivity index (χ3v) is 3.88. The van der Waals surface area contributed by atoms with Crippen LogP contribution in [0.4, 0.5) is 0 Å². The van der Waals surface area contributed by atoms with E-state index in [-0.39, 0.29) is 0 Å². The average Bonchev–Trinajstić information content (AvgIpc) is 3.16. The van der Waals surface area contributed by atoms with Gasteiger partial charge in [0.25, 0.3) is 0 Å². The molecule has 3 heteroatoms. The van der Waals surface area contributed by atoms with Crippen LogP contribution in [0.1, 0.15) is 5.56 Å². The van der Waals surface area contributed by atoms with Gasteiger partial charge in [-0.05, 0) is 80.0 Å². The lowest BCUT2D eigenvalue weighted by molar-refractivity contribution is 1.04. The molecular formula is C21H16N3. The van der Waals surface area contributed by atoms with Crippen LogP contribution in [0.15, 0.2) is 60.9 Å². The Morgan fingerprint density at radius 1 is 0.667 bits per heavy atom. The molecule has 3 heterocycles. The third-order valence-electron chi connectivity index (χ3n) is 3.88. The molecule has 1 aliphatic rings. The van der Waals surface area contributed by atoms with E-state index >= 15 is 0 Å². The molecule has 0 N–H and O–H groups in total. The van der Waals surface area contributed by atoms with Gasteiger partial charge in [0.05, 0.1) is 22.8 Å². The van der Waals surface area contributed by atoms with Crippen molar-refractivity contribution in [2.75, 3.05) is 0 Å². The lowest BCUT2D eigenvalue weighted by Gasteiger charge is -2.11. The van der Waals surface area contributed by atoms with Gasteiger partial charge >= 0.3 is 0 Å². The van der Waals surface area contributed by atoms with E-state index in [1.807, 2.05) is 36.4 Å². The molecule has 24 heavy (non-hydrogen) atoms. The molecule has 3 aromatic rings. The van der Waals surface area contributed by atoms with Crippen molar-refractivity contribution < 1.29 is 0 Å². The van der Waals surface area contributed by atoms with Crippen LogP contribution in [0.25, 0.3) is 22.8 Å². The van der Waals surface area contributed by atoms with Crippen molar-refractivity contribution in [1.29, 1.82) is 0 Å². The van der Waals surface area contributed by atoms with Gasteiger partial charge < -0.3 is 0 Å². The quantitative estimate of drug-likeness (QED) is 0.726. The summed E-state index contributed by atoms with van der Waals surface area (Å²) in [7, 11) is 0. The summed E-state index contributed by atoms with van der Waals surface area (Å²) in [6.07, 6.45) is 12.9. The van der Waals surface area contributed by atoms with Crippen LogP contribution in [0.3, 0.4) is 0 Å². The molecule has 0 aromatic carbocycles. The maximum Gasteiger partial charge on any atom is 0.0897 e. The van der Waals surface area contributed by atoms with Gasteiger partial charge in [0.2, 0.25) is 0 Å². The Kier molecular flexibility index (Phi) is 4.32. The SMILES string of the molecule is [CH]1[CH][CH][C](Cc2cc(-c3ccccn3)nc(-c3ccccn3)c2)[CH]1. The van der Waals surface area contributed by atoms with E-state index in [9.17, 15) is 0 Å². The highest BCUT2D eigenvalue weighted by atomic mass is 14.8. The second-order valence-electron chi connectivity index (χ2n) is 5.65. The molecule has 0 unspecified atom stereocenters. The highest BCUT2D eigenvalue weighted by molar-refractivity contribution is 5.63. The van der Waals surface area contributed by atoms with Crippen LogP contribution < -0.4 is 0 Å². The molecule has 5 radical (unpaired) electrons. The van der Waals surface area contributed by atoms with Crippen molar-refractivity contribution in [1.82, 2.24) is 15.0 Å². The van der Waals surface area contributed by atoms with Crippen molar-refractivity contribution in [2.24, 2.45) is 0 Å². The number of aromatic nitrogens is 3. The van der Waals surface area contributed by atoms with Crippen LogP contribution in [0.2, 0.25) is 0 Å². The highest BCUT2D eigenvalue weighted by Crippen LogP contribution is 2.29. The fraction of sp³-hybridized carbons (Fsp3) is 0.0476. The normalized spacial score (nSPS) is 14.8. The molecule has 0 aliphatic heterocycles. The lowest BCUT2D eigenvalue weighted by Crippen LogP contribution is -2.01. The zero-order chi connectivity index (χ0) is 16.2. The Morgan fingerprint density at radius 2 is 1.25 bits per heavy atom. The first kappa shape index (κ1) is 15.0. The van der Waals surface area contributed by atoms with E-state index < -0.39 is 0 Å². The Labute approximate surface area is 142 Å². The van der Waals surface area contributed by atoms with Crippen molar-refractivity contribution in [2.45, 2.75) is 6.42 Å². The Balaban J connectivity index is 1.75. The summed E-state index contributed by atoms with van der Waals surface area (Å²) >= 11 is 0. The van der Waals surface area contributed by atoms with Gasteiger partial charge in [-0.3, -0.25) is 9.97 Å². The summed E-state index contributed by atoms with van der Waals surface area (Å²) in [6, 6.07) is 16.0. The summed E-state index contributed by atoms with van der Waals surface area (Å²) < 4.78 is 0. The molecule has 0 bridgehead atoms. The zero-order valence-corrected chi connectivity index (χ0v) is 13.1. The maximum atomic E-state index is 4.78. The molecule has 3 nitrogen and oxygen atoms in total. The summed E-state index contributed by atoms with van der Waals surface area (Å²) in [6.45, 7) is 0. The average molecular weight is 310 g/mol. The smallest absolute Gasteiger partial charge is 0.0897 e.